The zero-order chi connectivity index (χ0) is 40.4. The van der Waals surface area contributed by atoms with Gasteiger partial charge >= 0.3 is 24.3 Å². The molecule has 0 aliphatic carbocycles. The molecule has 294 valence electrons. The van der Waals surface area contributed by atoms with Crippen LogP contribution in [0.15, 0.2) is 34.1 Å². The van der Waals surface area contributed by atoms with Crippen LogP contribution in [-0.2, 0) is 49.1 Å². The van der Waals surface area contributed by atoms with Crippen molar-refractivity contribution in [2.24, 2.45) is 10.8 Å². The van der Waals surface area contributed by atoms with Gasteiger partial charge in [0.15, 0.2) is 0 Å². The largest absolute Gasteiger partial charge is 0.464 e. The van der Waals surface area contributed by atoms with E-state index in [9.17, 15) is 55.4 Å². The van der Waals surface area contributed by atoms with Crippen LogP contribution >= 0.6 is 0 Å². The van der Waals surface area contributed by atoms with E-state index in [2.05, 4.69) is 0 Å². The maximum atomic E-state index is 13.3. The summed E-state index contributed by atoms with van der Waals surface area (Å²) in [5.74, 6) is -1.42. The lowest BCUT2D eigenvalue weighted by Crippen LogP contribution is -2.35. The molecule has 11 nitrogen and oxygen atoms in total. The van der Waals surface area contributed by atoms with Gasteiger partial charge < -0.3 is 33.6 Å². The first-order valence-electron chi connectivity index (χ1n) is 16.4. The number of esters is 2. The molecule has 0 saturated carbocycles. The Morgan fingerprint density at radius 2 is 1.12 bits per heavy atom. The number of aliphatic hydroxyl groups is 2. The second-order valence-corrected chi connectivity index (χ2v) is 14.4. The highest BCUT2D eigenvalue weighted by molar-refractivity contribution is 5.75. The van der Waals surface area contributed by atoms with Gasteiger partial charge in [-0.3, -0.25) is 9.59 Å². The van der Waals surface area contributed by atoms with Crippen molar-refractivity contribution in [1.29, 1.82) is 0 Å². The number of carbonyl (C=O) groups excluding carboxylic acids is 3. The molecule has 0 saturated heterocycles. The maximum Gasteiger partial charge on any atom is 0.416 e. The lowest BCUT2D eigenvalue weighted by Gasteiger charge is -2.27. The topological polar surface area (TPSA) is 154 Å². The molecule has 0 fully saturated rings. The molecule has 0 aromatic carbocycles. The third kappa shape index (κ3) is 14.2. The fourth-order valence-electron chi connectivity index (χ4n) is 5.16. The zero-order valence-corrected chi connectivity index (χ0v) is 30.5. The van der Waals surface area contributed by atoms with Gasteiger partial charge in [-0.15, -0.1) is 0 Å². The van der Waals surface area contributed by atoms with E-state index in [0.717, 1.165) is 21.5 Å². The molecule has 2 heterocycles. The Balaban J connectivity index is 0.000000522. The van der Waals surface area contributed by atoms with E-state index < -0.39 is 89.6 Å². The van der Waals surface area contributed by atoms with Gasteiger partial charge in [0.05, 0.1) is 37.1 Å². The minimum atomic E-state index is -4.81. The molecule has 2 aromatic rings. The van der Waals surface area contributed by atoms with Gasteiger partial charge in [-0.05, 0) is 48.6 Å². The Labute approximate surface area is 297 Å². The summed E-state index contributed by atoms with van der Waals surface area (Å²) >= 11 is 0. The van der Waals surface area contributed by atoms with Crippen LogP contribution in [-0.4, -0.2) is 63.5 Å². The monoisotopic (exact) mass is 754 g/mol. The smallest absolute Gasteiger partial charge is 0.416 e. The SMILES string of the molecule is CCOC(=O)C(CC(C)(C)C)n1cc(CC(O)CO)c(C(F)(F)F)cc1=O.CCOC(=O)C(CC(C)(C)C)n1cc(CC=O)c(C(F)(F)F)cc1=O. The number of aromatic nitrogens is 2. The molecule has 2 rings (SSSR count). The predicted octanol–water partition coefficient (Wildman–Crippen LogP) is 5.45. The predicted molar refractivity (Wildman–Crippen MR) is 177 cm³/mol. The number of nitrogens with zero attached hydrogens (tertiary/aromatic N) is 2. The molecule has 2 N–H and O–H groups in total. The number of ether oxygens (including phenoxy) is 2. The Morgan fingerprint density at radius 3 is 1.42 bits per heavy atom. The Bertz CT molecular complexity index is 1630. The van der Waals surface area contributed by atoms with E-state index in [4.69, 9.17) is 14.6 Å². The van der Waals surface area contributed by atoms with Gasteiger partial charge in [0, 0.05) is 37.4 Å². The molecule has 0 radical (unpaired) electrons. The first kappa shape index (κ1) is 46.0. The highest BCUT2D eigenvalue weighted by Gasteiger charge is 2.38. The normalized spacial score (nSPS) is 14.1. The maximum absolute atomic E-state index is 13.3. The summed E-state index contributed by atoms with van der Waals surface area (Å²) in [6, 6.07) is -1.34. The van der Waals surface area contributed by atoms with Gasteiger partial charge in [0.25, 0.3) is 11.1 Å². The minimum absolute atomic E-state index is 0.0605. The molecule has 52 heavy (non-hydrogen) atoms. The molecule has 3 unspecified atom stereocenters. The number of halogens is 6. The Morgan fingerprint density at radius 1 is 0.750 bits per heavy atom. The third-order valence-electron chi connectivity index (χ3n) is 7.31. The first-order chi connectivity index (χ1) is 23.7. The van der Waals surface area contributed by atoms with E-state index in [1.165, 1.54) is 0 Å². The van der Waals surface area contributed by atoms with Crippen LogP contribution in [0.5, 0.6) is 0 Å². The molecular weight excluding hydrogens is 706 g/mol. The number of aldehydes is 1. The standard InChI is InChI=1S/C18H26F3NO5.C17H22F3NO4/c1-5-27-16(26)14(8-17(2,3)4)22-9-11(6-12(24)10-23)13(7-15(22)25)18(19,20)21;1-5-25-15(24)13(9-16(2,3)4)21-10-11(6-7-22)12(8-14(21)23)17(18,19)20/h7,9,12,14,23-24H,5-6,8,10H2,1-4H3;7-8,10,13H,5-6,9H2,1-4H3. The summed E-state index contributed by atoms with van der Waals surface area (Å²) in [6.07, 6.45) is -9.49. The first-order valence-corrected chi connectivity index (χ1v) is 16.4. The lowest BCUT2D eigenvalue weighted by molar-refractivity contribution is -0.149. The molecule has 0 bridgehead atoms. The second-order valence-electron chi connectivity index (χ2n) is 14.4. The minimum Gasteiger partial charge on any atom is -0.464 e. The van der Waals surface area contributed by atoms with Gasteiger partial charge in [-0.2, -0.15) is 26.3 Å². The van der Waals surface area contributed by atoms with E-state index in [1.54, 1.807) is 13.8 Å². The van der Waals surface area contributed by atoms with Gasteiger partial charge in [0.2, 0.25) is 0 Å². The van der Waals surface area contributed by atoms with Crippen molar-refractivity contribution in [3.05, 3.63) is 67.5 Å². The van der Waals surface area contributed by atoms with Crippen LogP contribution in [0.4, 0.5) is 26.3 Å². The number of carbonyl (C=O) groups is 3. The molecule has 0 aliphatic rings. The fourth-order valence-corrected chi connectivity index (χ4v) is 5.16. The second kappa shape index (κ2) is 18.7. The van der Waals surface area contributed by atoms with E-state index in [0.29, 0.717) is 18.4 Å². The van der Waals surface area contributed by atoms with Crippen LogP contribution in [0.3, 0.4) is 0 Å². The molecule has 0 aliphatic heterocycles. The molecule has 2 aromatic heterocycles. The van der Waals surface area contributed by atoms with E-state index >= 15 is 0 Å². The summed E-state index contributed by atoms with van der Waals surface area (Å²) in [5.41, 5.74) is -5.86. The van der Waals surface area contributed by atoms with Crippen LogP contribution in [0.2, 0.25) is 0 Å². The highest BCUT2D eigenvalue weighted by atomic mass is 19.4. The van der Waals surface area contributed by atoms with E-state index in [-0.39, 0.29) is 42.6 Å². The highest BCUT2D eigenvalue weighted by Crippen LogP contribution is 2.35. The summed E-state index contributed by atoms with van der Waals surface area (Å²) in [6.45, 7) is 13.6. The van der Waals surface area contributed by atoms with Crippen molar-refractivity contribution in [2.75, 3.05) is 19.8 Å². The Kier molecular flexibility index (Phi) is 16.5. The van der Waals surface area contributed by atoms with Crippen LogP contribution < -0.4 is 11.1 Å². The summed E-state index contributed by atoms with van der Waals surface area (Å²) in [5, 5.41) is 18.5. The summed E-state index contributed by atoms with van der Waals surface area (Å²) in [7, 11) is 0. The quantitative estimate of drug-likeness (QED) is 0.154. The van der Waals surface area contributed by atoms with Gasteiger partial charge in [-0.1, -0.05) is 41.5 Å². The van der Waals surface area contributed by atoms with Crippen LogP contribution in [0.25, 0.3) is 0 Å². The molecule has 0 spiro atoms. The number of pyridine rings is 2. The molecule has 3 atom stereocenters. The van der Waals surface area contributed by atoms with Crippen molar-refractivity contribution in [3.63, 3.8) is 0 Å². The average molecular weight is 755 g/mol. The van der Waals surface area contributed by atoms with Crippen molar-refractivity contribution in [2.45, 2.75) is 112 Å². The fraction of sp³-hybridized carbons (Fsp3) is 0.629. The number of rotatable bonds is 13. The number of alkyl halides is 6. The molecule has 0 amide bonds. The van der Waals surface area contributed by atoms with Crippen molar-refractivity contribution in [3.8, 4) is 0 Å². The number of hydrogen-bond acceptors (Lipinski definition) is 9. The van der Waals surface area contributed by atoms with Crippen molar-refractivity contribution in [1.82, 2.24) is 9.13 Å². The van der Waals surface area contributed by atoms with Crippen molar-refractivity contribution >= 4 is 18.2 Å². The molecule has 17 heteroatoms. The lowest BCUT2D eigenvalue weighted by atomic mass is 9.87. The van der Waals surface area contributed by atoms with Crippen molar-refractivity contribution < 1.29 is 60.4 Å². The van der Waals surface area contributed by atoms with Crippen LogP contribution in [0.1, 0.15) is 103 Å². The Hall–Kier alpha value is -3.99. The summed E-state index contributed by atoms with van der Waals surface area (Å²) < 4.78 is 90.9. The van der Waals surface area contributed by atoms with Gasteiger partial charge in [-0.25, -0.2) is 9.59 Å². The average Bonchev–Trinajstić information content (AvgIpc) is 2.99. The third-order valence-corrected chi connectivity index (χ3v) is 7.31. The molecular formula is C35H48F6N2O9. The number of hydrogen-bond donors (Lipinski definition) is 2. The van der Waals surface area contributed by atoms with Crippen LogP contribution in [0, 0.1) is 10.8 Å². The van der Waals surface area contributed by atoms with Gasteiger partial charge in [0.1, 0.15) is 18.4 Å². The van der Waals surface area contributed by atoms with E-state index in [1.807, 2.05) is 41.5 Å². The summed E-state index contributed by atoms with van der Waals surface area (Å²) in [4.78, 5) is 60.0. The zero-order valence-electron chi connectivity index (χ0n) is 30.5. The number of aliphatic hydroxyl groups excluding tert-OH is 2.